The van der Waals surface area contributed by atoms with Crippen molar-refractivity contribution in [1.29, 1.82) is 0 Å². The van der Waals surface area contributed by atoms with Crippen molar-refractivity contribution in [2.75, 3.05) is 0 Å². The summed E-state index contributed by atoms with van der Waals surface area (Å²) in [5.74, 6) is 0.565. The molecule has 0 saturated carbocycles. The van der Waals surface area contributed by atoms with E-state index in [1.807, 2.05) is 34.9 Å². The predicted octanol–water partition coefficient (Wildman–Crippen LogP) is 7.39. The van der Waals surface area contributed by atoms with E-state index in [1.165, 1.54) is 34.6 Å². The molecule has 0 fully saturated rings. The Morgan fingerprint density at radius 3 is 2.65 bits per heavy atom. The van der Waals surface area contributed by atoms with Gasteiger partial charge in [0.05, 0.1) is 25.7 Å². The lowest BCUT2D eigenvalue weighted by Gasteiger charge is -2.30. The fourth-order valence-corrected chi connectivity index (χ4v) is 8.78. The summed E-state index contributed by atoms with van der Waals surface area (Å²) in [7, 11) is 0. The SMILES string of the molecule is O=c1c(=Cc2cc(Br)cc(Br)c2OCc2ccc([N+](=O)[O-])cc2)sc2n1C(c1cccs1)C1=C(N=2)c2ccccc2CC1. The second-order valence-electron chi connectivity index (χ2n) is 10.1. The highest BCUT2D eigenvalue weighted by atomic mass is 79.9. The molecular formula is C32H21Br2N3O4S2. The fraction of sp³-hybridized carbons (Fsp3) is 0.125. The largest absolute Gasteiger partial charge is 0.487 e. The molecule has 7 rings (SSSR count). The number of hydrogen-bond acceptors (Lipinski definition) is 7. The Morgan fingerprint density at radius 2 is 1.88 bits per heavy atom. The highest BCUT2D eigenvalue weighted by Gasteiger charge is 2.33. The lowest BCUT2D eigenvalue weighted by molar-refractivity contribution is -0.384. The van der Waals surface area contributed by atoms with E-state index in [-0.39, 0.29) is 23.9 Å². The van der Waals surface area contributed by atoms with Gasteiger partial charge in [-0.1, -0.05) is 57.6 Å². The van der Waals surface area contributed by atoms with Crippen LogP contribution in [0.25, 0.3) is 11.8 Å². The number of nitro benzene ring substituents is 1. The monoisotopic (exact) mass is 733 g/mol. The molecule has 1 aliphatic heterocycles. The fourth-order valence-electron chi connectivity index (χ4n) is 5.57. The van der Waals surface area contributed by atoms with Crippen LogP contribution in [-0.4, -0.2) is 9.49 Å². The van der Waals surface area contributed by atoms with Crippen molar-refractivity contribution in [2.45, 2.75) is 25.5 Å². The van der Waals surface area contributed by atoms with Gasteiger partial charge in [-0.15, -0.1) is 11.3 Å². The number of halogens is 2. The summed E-state index contributed by atoms with van der Waals surface area (Å²) in [6, 6.07) is 22.4. The van der Waals surface area contributed by atoms with Gasteiger partial charge >= 0.3 is 0 Å². The number of rotatable bonds is 6. The molecular weight excluding hydrogens is 714 g/mol. The molecule has 5 aromatic rings. The van der Waals surface area contributed by atoms with Gasteiger partial charge in [-0.25, -0.2) is 4.99 Å². The van der Waals surface area contributed by atoms with E-state index in [2.05, 4.69) is 61.5 Å². The van der Waals surface area contributed by atoms with Crippen LogP contribution >= 0.6 is 54.5 Å². The van der Waals surface area contributed by atoms with Gasteiger partial charge in [0.15, 0.2) is 4.80 Å². The molecule has 1 unspecified atom stereocenters. The number of hydrogen-bond donors (Lipinski definition) is 0. The number of aryl methyl sites for hydroxylation is 1. The first-order valence-corrected chi connectivity index (χ1v) is 16.7. The Morgan fingerprint density at radius 1 is 1.07 bits per heavy atom. The van der Waals surface area contributed by atoms with E-state index < -0.39 is 4.92 Å². The van der Waals surface area contributed by atoms with Crippen molar-refractivity contribution in [3.63, 3.8) is 0 Å². The van der Waals surface area contributed by atoms with E-state index in [0.29, 0.717) is 19.6 Å². The van der Waals surface area contributed by atoms with Crippen LogP contribution in [0.15, 0.2) is 102 Å². The molecule has 0 N–H and O–H groups in total. The summed E-state index contributed by atoms with van der Waals surface area (Å²) in [4.78, 5) is 31.6. The summed E-state index contributed by atoms with van der Waals surface area (Å²) >= 11 is 10.2. The number of thiophene rings is 1. The van der Waals surface area contributed by atoms with Crippen LogP contribution in [0.3, 0.4) is 0 Å². The van der Waals surface area contributed by atoms with E-state index in [0.717, 1.165) is 44.6 Å². The average molecular weight is 735 g/mol. The molecule has 2 aliphatic rings. The van der Waals surface area contributed by atoms with Crippen molar-refractivity contribution < 1.29 is 9.66 Å². The average Bonchev–Trinajstić information content (AvgIpc) is 3.64. The van der Waals surface area contributed by atoms with Crippen molar-refractivity contribution in [3.8, 4) is 5.75 Å². The van der Waals surface area contributed by atoms with Crippen molar-refractivity contribution in [3.05, 3.63) is 150 Å². The van der Waals surface area contributed by atoms with Crippen LogP contribution < -0.4 is 19.6 Å². The van der Waals surface area contributed by atoms with Crippen LogP contribution in [-0.2, 0) is 13.0 Å². The first kappa shape index (κ1) is 28.1. The third-order valence-electron chi connectivity index (χ3n) is 7.54. The summed E-state index contributed by atoms with van der Waals surface area (Å²) in [6.45, 7) is 0.199. The summed E-state index contributed by atoms with van der Waals surface area (Å²) in [6.07, 6.45) is 3.62. The maximum absolute atomic E-state index is 14.1. The van der Waals surface area contributed by atoms with Crippen LogP contribution in [0.4, 0.5) is 5.69 Å². The normalized spacial score (nSPS) is 15.9. The smallest absolute Gasteiger partial charge is 0.271 e. The van der Waals surface area contributed by atoms with Crippen LogP contribution in [0, 0.1) is 10.1 Å². The molecule has 0 amide bonds. The van der Waals surface area contributed by atoms with Gasteiger partial charge < -0.3 is 4.74 Å². The van der Waals surface area contributed by atoms with Gasteiger partial charge in [0.25, 0.3) is 11.2 Å². The molecule has 1 atom stereocenters. The Kier molecular flexibility index (Phi) is 7.50. The maximum Gasteiger partial charge on any atom is 0.271 e. The summed E-state index contributed by atoms with van der Waals surface area (Å²) in [5.41, 5.74) is 6.01. The molecule has 214 valence electrons. The third kappa shape index (κ3) is 5.24. The summed E-state index contributed by atoms with van der Waals surface area (Å²) < 4.78 is 10.2. The van der Waals surface area contributed by atoms with Crippen LogP contribution in [0.5, 0.6) is 5.75 Å². The molecule has 1 aliphatic carbocycles. The van der Waals surface area contributed by atoms with E-state index in [9.17, 15) is 14.9 Å². The number of benzene rings is 3. The Labute approximate surface area is 270 Å². The van der Waals surface area contributed by atoms with Gasteiger partial charge in [0.2, 0.25) is 0 Å². The minimum absolute atomic E-state index is 0.0238. The third-order valence-corrected chi connectivity index (χ3v) is 10.5. The number of ether oxygens (including phenoxy) is 1. The summed E-state index contributed by atoms with van der Waals surface area (Å²) in [5, 5.41) is 13.1. The van der Waals surface area contributed by atoms with Gasteiger partial charge in [0.1, 0.15) is 12.4 Å². The topological polar surface area (TPSA) is 86.7 Å². The molecule has 2 aromatic heterocycles. The standard InChI is InChI=1S/C32H21Br2N3O4S2/c33-21-14-20(30(25(34)16-21)41-17-18-7-10-22(11-8-18)37(39)40)15-27-31(38)36-29(26-6-3-13-42-26)24-12-9-19-4-1-2-5-23(19)28(24)35-32(36)43-27/h1-8,10-11,13-16,29H,9,12,17H2. The maximum atomic E-state index is 14.1. The number of nitro groups is 1. The number of fused-ring (bicyclic) bond motifs is 3. The van der Waals surface area contributed by atoms with Crippen LogP contribution in [0.2, 0.25) is 0 Å². The lowest BCUT2D eigenvalue weighted by Crippen LogP contribution is -2.38. The quantitative estimate of drug-likeness (QED) is 0.135. The Hall–Kier alpha value is -3.64. The Balaban J connectivity index is 1.33. The zero-order chi connectivity index (χ0) is 29.7. The van der Waals surface area contributed by atoms with Gasteiger partial charge in [0, 0.05) is 32.6 Å². The highest BCUT2D eigenvalue weighted by Crippen LogP contribution is 2.42. The van der Waals surface area contributed by atoms with Gasteiger partial charge in [-0.2, -0.15) is 0 Å². The zero-order valence-corrected chi connectivity index (χ0v) is 27.1. The van der Waals surface area contributed by atoms with Crippen molar-refractivity contribution >= 4 is 72.0 Å². The van der Waals surface area contributed by atoms with E-state index in [1.54, 1.807) is 23.5 Å². The molecule has 0 spiro atoms. The molecule has 3 aromatic carbocycles. The zero-order valence-electron chi connectivity index (χ0n) is 22.3. The lowest BCUT2D eigenvalue weighted by atomic mass is 9.85. The molecule has 43 heavy (non-hydrogen) atoms. The van der Waals surface area contributed by atoms with Gasteiger partial charge in [-0.05, 0) is 87.3 Å². The highest BCUT2D eigenvalue weighted by molar-refractivity contribution is 9.11. The predicted molar refractivity (Wildman–Crippen MR) is 176 cm³/mol. The number of thiazole rings is 1. The minimum atomic E-state index is -0.428. The number of non-ortho nitro benzene ring substituents is 1. The van der Waals surface area contributed by atoms with Crippen molar-refractivity contribution in [2.24, 2.45) is 4.99 Å². The molecule has 7 nitrogen and oxygen atoms in total. The van der Waals surface area contributed by atoms with E-state index in [4.69, 9.17) is 9.73 Å². The first-order valence-electron chi connectivity index (χ1n) is 13.4. The Bertz CT molecular complexity index is 2120. The van der Waals surface area contributed by atoms with Crippen LogP contribution in [0.1, 0.15) is 39.6 Å². The minimum Gasteiger partial charge on any atom is -0.487 e. The van der Waals surface area contributed by atoms with Gasteiger partial charge in [-0.3, -0.25) is 19.5 Å². The number of allylic oxidation sites excluding steroid dienone is 1. The molecule has 11 heteroatoms. The molecule has 0 saturated heterocycles. The second kappa shape index (κ2) is 11.5. The molecule has 0 bridgehead atoms. The number of aromatic nitrogens is 1. The molecule has 3 heterocycles. The first-order chi connectivity index (χ1) is 20.9. The second-order valence-corrected chi connectivity index (χ2v) is 13.9. The molecule has 0 radical (unpaired) electrons. The van der Waals surface area contributed by atoms with E-state index >= 15 is 0 Å². The van der Waals surface area contributed by atoms with Crippen molar-refractivity contribution in [1.82, 2.24) is 4.57 Å². The number of nitrogens with zero attached hydrogens (tertiary/aromatic N) is 3.